The van der Waals surface area contributed by atoms with E-state index in [2.05, 4.69) is 10.5 Å². The minimum Gasteiger partial charge on any atom is -0.489 e. The summed E-state index contributed by atoms with van der Waals surface area (Å²) in [5, 5.41) is 16.0. The molecule has 2 N–H and O–H groups in total. The number of carbonyl (C=O) groups excluding carboxylic acids is 1. The topological polar surface area (TPSA) is 102 Å². The van der Waals surface area contributed by atoms with Crippen molar-refractivity contribution in [3.8, 4) is 5.75 Å². The summed E-state index contributed by atoms with van der Waals surface area (Å²) in [6.45, 7) is 5.92. The summed E-state index contributed by atoms with van der Waals surface area (Å²) in [7, 11) is 0. The number of carboxylic acid groups (broad SMARTS) is 1. The van der Waals surface area contributed by atoms with Crippen molar-refractivity contribution in [1.29, 1.82) is 0 Å². The van der Waals surface area contributed by atoms with Crippen molar-refractivity contribution < 1.29 is 24.0 Å². The normalized spacial score (nSPS) is 12.2. The molecule has 1 heterocycles. The van der Waals surface area contributed by atoms with Crippen LogP contribution in [0.5, 0.6) is 5.75 Å². The second-order valence-electron chi connectivity index (χ2n) is 8.34. The van der Waals surface area contributed by atoms with Crippen LogP contribution < -0.4 is 10.1 Å². The van der Waals surface area contributed by atoms with E-state index in [1.807, 2.05) is 57.2 Å². The Labute approximate surface area is 181 Å². The zero-order valence-corrected chi connectivity index (χ0v) is 17.8. The summed E-state index contributed by atoms with van der Waals surface area (Å²) in [4.78, 5) is 23.4. The van der Waals surface area contributed by atoms with Gasteiger partial charge in [0.1, 0.15) is 18.6 Å². The second kappa shape index (κ2) is 9.47. The SMILES string of the molecule is CC(C)(C)C(=O)Nc1cccc(COc2ccc([C@H](CC(=O)O)c3ccon3)cc2)c1. The lowest BCUT2D eigenvalue weighted by atomic mass is 9.92. The van der Waals surface area contributed by atoms with E-state index in [-0.39, 0.29) is 12.3 Å². The Balaban J connectivity index is 1.65. The lowest BCUT2D eigenvalue weighted by molar-refractivity contribution is -0.137. The number of benzene rings is 2. The van der Waals surface area contributed by atoms with Gasteiger partial charge in [-0.2, -0.15) is 0 Å². The van der Waals surface area contributed by atoms with Crippen LogP contribution in [0.15, 0.2) is 65.4 Å². The average Bonchev–Trinajstić information content (AvgIpc) is 3.25. The number of nitrogens with one attached hydrogen (secondary N) is 1. The molecule has 0 aliphatic rings. The Morgan fingerprint density at radius 1 is 1.13 bits per heavy atom. The molecule has 1 atom stereocenters. The molecular weight excluding hydrogens is 396 g/mol. The van der Waals surface area contributed by atoms with E-state index >= 15 is 0 Å². The van der Waals surface area contributed by atoms with Gasteiger partial charge in [-0.15, -0.1) is 0 Å². The van der Waals surface area contributed by atoms with Crippen LogP contribution in [-0.4, -0.2) is 22.1 Å². The van der Waals surface area contributed by atoms with Gasteiger partial charge in [-0.05, 0) is 35.4 Å². The lowest BCUT2D eigenvalue weighted by Gasteiger charge is -2.18. The molecule has 0 bridgehead atoms. The zero-order valence-electron chi connectivity index (χ0n) is 17.8. The Morgan fingerprint density at radius 2 is 1.87 bits per heavy atom. The monoisotopic (exact) mass is 422 g/mol. The molecule has 3 rings (SSSR count). The summed E-state index contributed by atoms with van der Waals surface area (Å²) < 4.78 is 10.7. The van der Waals surface area contributed by atoms with Crippen LogP contribution in [0.2, 0.25) is 0 Å². The van der Waals surface area contributed by atoms with E-state index in [1.54, 1.807) is 18.2 Å². The maximum Gasteiger partial charge on any atom is 0.304 e. The van der Waals surface area contributed by atoms with Crippen LogP contribution in [0.1, 0.15) is 49.9 Å². The number of rotatable bonds is 8. The van der Waals surface area contributed by atoms with Crippen molar-refractivity contribution in [3.05, 3.63) is 77.7 Å². The molecule has 0 spiro atoms. The molecule has 31 heavy (non-hydrogen) atoms. The van der Waals surface area contributed by atoms with E-state index < -0.39 is 17.3 Å². The molecular formula is C24H26N2O5. The number of hydrogen-bond donors (Lipinski definition) is 2. The highest BCUT2D eigenvalue weighted by molar-refractivity contribution is 5.94. The van der Waals surface area contributed by atoms with Crippen LogP contribution >= 0.6 is 0 Å². The van der Waals surface area contributed by atoms with Gasteiger partial charge in [-0.1, -0.05) is 50.2 Å². The smallest absolute Gasteiger partial charge is 0.304 e. The van der Waals surface area contributed by atoms with E-state index in [0.717, 1.165) is 16.8 Å². The van der Waals surface area contributed by atoms with E-state index in [9.17, 15) is 14.7 Å². The van der Waals surface area contributed by atoms with Gasteiger partial charge in [0.2, 0.25) is 5.91 Å². The van der Waals surface area contributed by atoms with Crippen molar-refractivity contribution in [2.24, 2.45) is 5.41 Å². The van der Waals surface area contributed by atoms with Gasteiger partial charge in [0.25, 0.3) is 0 Å². The molecule has 0 aliphatic heterocycles. The van der Waals surface area contributed by atoms with Crippen LogP contribution in [0, 0.1) is 5.41 Å². The molecule has 162 valence electrons. The first-order chi connectivity index (χ1) is 14.7. The molecule has 7 heteroatoms. The number of aromatic nitrogens is 1. The molecule has 7 nitrogen and oxygen atoms in total. The minimum atomic E-state index is -0.910. The van der Waals surface area contributed by atoms with Gasteiger partial charge in [0.05, 0.1) is 12.1 Å². The molecule has 1 amide bonds. The highest BCUT2D eigenvalue weighted by Crippen LogP contribution is 2.28. The number of anilines is 1. The third-order valence-electron chi connectivity index (χ3n) is 4.75. The maximum atomic E-state index is 12.2. The van der Waals surface area contributed by atoms with Gasteiger partial charge >= 0.3 is 5.97 Å². The fourth-order valence-corrected chi connectivity index (χ4v) is 2.99. The van der Waals surface area contributed by atoms with Gasteiger partial charge in [0, 0.05) is 23.1 Å². The second-order valence-corrected chi connectivity index (χ2v) is 8.34. The molecule has 0 saturated carbocycles. The highest BCUT2D eigenvalue weighted by atomic mass is 16.5. The van der Waals surface area contributed by atoms with Gasteiger partial charge < -0.3 is 19.7 Å². The molecule has 0 aliphatic carbocycles. The fourth-order valence-electron chi connectivity index (χ4n) is 2.99. The summed E-state index contributed by atoms with van der Waals surface area (Å²) in [6, 6.07) is 16.5. The molecule has 2 aromatic carbocycles. The number of carboxylic acids is 1. The Morgan fingerprint density at radius 3 is 2.48 bits per heavy atom. The molecule has 0 saturated heterocycles. The zero-order chi connectivity index (χ0) is 22.4. The van der Waals surface area contributed by atoms with Gasteiger partial charge in [-0.25, -0.2) is 0 Å². The predicted molar refractivity (Wildman–Crippen MR) is 116 cm³/mol. The average molecular weight is 422 g/mol. The Hall–Kier alpha value is -3.61. The largest absolute Gasteiger partial charge is 0.489 e. The first-order valence-electron chi connectivity index (χ1n) is 9.97. The third kappa shape index (κ3) is 6.18. The quantitative estimate of drug-likeness (QED) is 0.538. The Kier molecular flexibility index (Phi) is 6.74. The summed E-state index contributed by atoms with van der Waals surface area (Å²) >= 11 is 0. The molecule has 3 aromatic rings. The van der Waals surface area contributed by atoms with Crippen LogP contribution in [0.4, 0.5) is 5.69 Å². The first kappa shape index (κ1) is 22.1. The van der Waals surface area contributed by atoms with Crippen molar-refractivity contribution in [2.45, 2.75) is 39.7 Å². The van der Waals surface area contributed by atoms with E-state index in [0.29, 0.717) is 18.1 Å². The number of aliphatic carboxylic acids is 1. The van der Waals surface area contributed by atoms with Gasteiger partial charge in [0.15, 0.2) is 0 Å². The number of nitrogens with zero attached hydrogens (tertiary/aromatic N) is 1. The van der Waals surface area contributed by atoms with Crippen molar-refractivity contribution in [3.63, 3.8) is 0 Å². The molecule has 0 unspecified atom stereocenters. The number of ether oxygens (including phenoxy) is 1. The van der Waals surface area contributed by atoms with Crippen molar-refractivity contribution in [2.75, 3.05) is 5.32 Å². The van der Waals surface area contributed by atoms with E-state index in [4.69, 9.17) is 9.26 Å². The van der Waals surface area contributed by atoms with Crippen molar-refractivity contribution in [1.82, 2.24) is 5.16 Å². The molecule has 0 radical (unpaired) electrons. The highest BCUT2D eigenvalue weighted by Gasteiger charge is 2.22. The lowest BCUT2D eigenvalue weighted by Crippen LogP contribution is -2.27. The first-order valence-corrected chi connectivity index (χ1v) is 9.97. The maximum absolute atomic E-state index is 12.2. The third-order valence-corrected chi connectivity index (χ3v) is 4.75. The number of amides is 1. The summed E-state index contributed by atoms with van der Waals surface area (Å²) in [6.07, 6.45) is 1.35. The van der Waals surface area contributed by atoms with E-state index in [1.165, 1.54) is 6.26 Å². The number of hydrogen-bond acceptors (Lipinski definition) is 5. The van der Waals surface area contributed by atoms with Crippen LogP contribution in [-0.2, 0) is 16.2 Å². The number of carbonyl (C=O) groups is 2. The van der Waals surface area contributed by atoms with Crippen LogP contribution in [0.3, 0.4) is 0 Å². The molecule has 1 aromatic heterocycles. The minimum absolute atomic E-state index is 0.0517. The Bertz CT molecular complexity index is 1020. The van der Waals surface area contributed by atoms with Gasteiger partial charge in [-0.3, -0.25) is 9.59 Å². The predicted octanol–water partition coefficient (Wildman–Crippen LogP) is 4.84. The van der Waals surface area contributed by atoms with Crippen molar-refractivity contribution >= 4 is 17.6 Å². The summed E-state index contributed by atoms with van der Waals surface area (Å²) in [5.74, 6) is -0.702. The summed E-state index contributed by atoms with van der Waals surface area (Å²) in [5.41, 5.74) is 2.56. The standard InChI is InChI=1S/C24H26N2O5/c1-24(2,3)23(29)25-18-6-4-5-16(13-18)15-30-19-9-7-17(8-10-19)20(14-22(27)28)21-11-12-31-26-21/h4-13,20H,14-15H2,1-3H3,(H,25,29)(H,27,28)/t20-/m0/s1. The van der Waals surface area contributed by atoms with Crippen LogP contribution in [0.25, 0.3) is 0 Å². The molecule has 0 fully saturated rings. The fraction of sp³-hybridized carbons (Fsp3) is 0.292.